The maximum absolute atomic E-state index is 9.47. The largest absolute Gasteiger partial charge is 0.308 e. The molecule has 0 radical (unpaired) electrons. The van der Waals surface area contributed by atoms with Gasteiger partial charge >= 0.3 is 0 Å². The fraction of sp³-hybridized carbons (Fsp3) is 0. The Morgan fingerprint density at radius 1 is 0.359 bits per heavy atom. The van der Waals surface area contributed by atoms with Crippen molar-refractivity contribution in [3.63, 3.8) is 0 Å². The van der Waals surface area contributed by atoms with E-state index in [1.807, 2.05) is 95.6 Å². The van der Waals surface area contributed by atoms with Crippen LogP contribution in [-0.2, 0) is 0 Å². The Hall–Kier alpha value is -8.39. The van der Waals surface area contributed by atoms with Crippen molar-refractivity contribution in [2.45, 2.75) is 0 Å². The second kappa shape index (κ2) is 13.6. The highest BCUT2D eigenvalue weighted by Gasteiger charge is 2.26. The molecule has 9 aromatic carbocycles. The lowest BCUT2D eigenvalue weighted by Crippen LogP contribution is -2.11. The average Bonchev–Trinajstić information content (AvgIpc) is 4.18. The van der Waals surface area contributed by atoms with Gasteiger partial charge in [-0.2, -0.15) is 15.0 Å². The highest BCUT2D eigenvalue weighted by atomic mass is 32.1. The summed E-state index contributed by atoms with van der Waals surface area (Å²) in [4.78, 5) is 16.2. The summed E-state index contributed by atoms with van der Waals surface area (Å²) in [5.74, 6) is 0.262. The number of hydrogen-bond donors (Lipinski definition) is 0. The van der Waals surface area contributed by atoms with Crippen molar-refractivity contribution in [2.75, 3.05) is 0 Å². The van der Waals surface area contributed by atoms with Crippen LogP contribution in [0.15, 0.2) is 206 Å². The number of thiophene rings is 1. The molecular weight excluding hydrogens is 801 g/mol. The molecule has 0 amide bonds. The molecule has 0 bridgehead atoms. The van der Waals surface area contributed by atoms with E-state index in [4.69, 9.17) is 20.4 Å². The Kier molecular flexibility index (Phi) is 5.98. The van der Waals surface area contributed by atoms with Gasteiger partial charge in [0.15, 0.2) is 5.82 Å². The van der Waals surface area contributed by atoms with Crippen LogP contribution in [0.3, 0.4) is 0 Å². The Morgan fingerprint density at radius 3 is 1.41 bits per heavy atom. The maximum Gasteiger partial charge on any atom is 0.240 e. The molecule has 5 aromatic heterocycles. The first kappa shape index (κ1) is 28.3. The van der Waals surface area contributed by atoms with Crippen LogP contribution in [0, 0.1) is 0 Å². The summed E-state index contributed by atoms with van der Waals surface area (Å²) < 4.78 is 80.6. The molecule has 6 nitrogen and oxygen atoms in total. The summed E-state index contributed by atoms with van der Waals surface area (Å²) >= 11 is 1.72. The fourth-order valence-electron chi connectivity index (χ4n) is 9.79. The minimum atomic E-state index is -0.543. The number of aromatic nitrogens is 6. The Morgan fingerprint density at radius 2 is 0.812 bits per heavy atom. The van der Waals surface area contributed by atoms with Gasteiger partial charge in [0.2, 0.25) is 11.9 Å². The van der Waals surface area contributed by atoms with Crippen LogP contribution in [-0.4, -0.2) is 28.7 Å². The van der Waals surface area contributed by atoms with Gasteiger partial charge in [-0.3, -0.25) is 9.13 Å². The average molecular weight is 843 g/mol. The highest BCUT2D eigenvalue weighted by Crippen LogP contribution is 2.46. The van der Waals surface area contributed by atoms with Crippen molar-refractivity contribution in [3.05, 3.63) is 206 Å². The van der Waals surface area contributed by atoms with Crippen molar-refractivity contribution in [1.82, 2.24) is 28.7 Å². The van der Waals surface area contributed by atoms with E-state index in [2.05, 4.69) is 71.3 Å². The summed E-state index contributed by atoms with van der Waals surface area (Å²) in [6.45, 7) is 0. The van der Waals surface area contributed by atoms with Crippen LogP contribution >= 0.6 is 11.3 Å². The molecule has 0 aliphatic heterocycles. The molecule has 0 unspecified atom stereocenters. The van der Waals surface area contributed by atoms with Gasteiger partial charge in [-0.15, -0.1) is 11.3 Å². The van der Waals surface area contributed by atoms with E-state index in [-0.39, 0.29) is 39.5 Å². The van der Waals surface area contributed by atoms with Crippen LogP contribution in [0.2, 0.25) is 0 Å². The predicted molar refractivity (Wildman–Crippen MR) is 267 cm³/mol. The van der Waals surface area contributed by atoms with E-state index in [1.165, 1.54) is 4.57 Å². The van der Waals surface area contributed by atoms with E-state index < -0.39 is 48.3 Å². The summed E-state index contributed by atoms with van der Waals surface area (Å²) in [6, 6.07) is 49.3. The molecular formula is C57H34N6S. The first-order chi connectivity index (χ1) is 35.1. The SMILES string of the molecule is [2H]c1c([2H])c([2H])c2c(c1[2H])c1c([2H])c([2H])c([2H])c([2H])c1n2-c1nc(-c2c(-c3cccc4sc5ccccc5c34)cccc2-n2c3ccccc3c3ccccc32)nc(-n2c3ccccc3c3ccccc32)n1. The smallest absolute Gasteiger partial charge is 0.240 e. The Bertz CT molecular complexity index is 4520. The number of rotatable bonds is 5. The maximum atomic E-state index is 9.47. The molecule has 0 N–H and O–H groups in total. The highest BCUT2D eigenvalue weighted by molar-refractivity contribution is 7.25. The molecule has 0 aliphatic rings. The molecule has 14 aromatic rings. The molecule has 0 saturated heterocycles. The number of fused-ring (bicyclic) bond motifs is 12. The third kappa shape index (κ3) is 4.98. The second-order valence-corrected chi connectivity index (χ2v) is 16.8. The number of nitrogens with zero attached hydrogens (tertiary/aromatic N) is 6. The minimum absolute atomic E-state index is 0.0780. The van der Waals surface area contributed by atoms with Gasteiger partial charge in [0.25, 0.3) is 0 Å². The summed E-state index contributed by atoms with van der Waals surface area (Å²) in [5, 5.41) is 5.98. The Balaban J connectivity index is 1.21. The van der Waals surface area contributed by atoms with Gasteiger partial charge in [0.05, 0.1) is 55.3 Å². The molecule has 64 heavy (non-hydrogen) atoms. The summed E-state index contributed by atoms with van der Waals surface area (Å²) in [5.41, 5.74) is 6.39. The zero-order valence-corrected chi connectivity index (χ0v) is 34.4. The molecule has 0 fully saturated rings. The summed E-state index contributed by atoms with van der Waals surface area (Å²) in [6.07, 6.45) is 0. The van der Waals surface area contributed by atoms with Gasteiger partial charge < -0.3 is 4.57 Å². The third-order valence-corrected chi connectivity index (χ3v) is 13.5. The van der Waals surface area contributed by atoms with Gasteiger partial charge in [-0.05, 0) is 65.7 Å². The van der Waals surface area contributed by atoms with E-state index in [0.29, 0.717) is 5.56 Å². The number of hydrogen-bond acceptors (Lipinski definition) is 4. The topological polar surface area (TPSA) is 53.5 Å². The Labute approximate surface area is 381 Å². The minimum Gasteiger partial charge on any atom is -0.308 e. The molecule has 0 spiro atoms. The van der Waals surface area contributed by atoms with Crippen LogP contribution in [0.25, 0.3) is 126 Å². The first-order valence-electron chi connectivity index (χ1n) is 24.9. The summed E-state index contributed by atoms with van der Waals surface area (Å²) in [7, 11) is 0. The van der Waals surface area contributed by atoms with Crippen LogP contribution in [0.4, 0.5) is 0 Å². The van der Waals surface area contributed by atoms with Crippen molar-refractivity contribution in [3.8, 4) is 40.1 Å². The number of para-hydroxylation sites is 6. The van der Waals surface area contributed by atoms with E-state index in [1.54, 1.807) is 11.3 Å². The van der Waals surface area contributed by atoms with Gasteiger partial charge in [-0.1, -0.05) is 152 Å². The van der Waals surface area contributed by atoms with Crippen LogP contribution in [0.5, 0.6) is 0 Å². The zero-order valence-electron chi connectivity index (χ0n) is 41.6. The third-order valence-electron chi connectivity index (χ3n) is 12.4. The fourth-order valence-corrected chi connectivity index (χ4v) is 10.9. The van der Waals surface area contributed by atoms with Crippen molar-refractivity contribution < 1.29 is 11.0 Å². The molecule has 7 heteroatoms. The molecule has 5 heterocycles. The molecule has 14 rings (SSSR count). The quantitative estimate of drug-likeness (QED) is 0.173. The zero-order chi connectivity index (χ0) is 48.8. The second-order valence-electron chi connectivity index (χ2n) is 15.8. The number of benzene rings is 9. The first-order valence-corrected chi connectivity index (χ1v) is 21.7. The molecule has 0 saturated carbocycles. The van der Waals surface area contributed by atoms with E-state index in [9.17, 15) is 5.48 Å². The van der Waals surface area contributed by atoms with Gasteiger partial charge in [0, 0.05) is 52.5 Å². The van der Waals surface area contributed by atoms with E-state index in [0.717, 1.165) is 80.6 Å². The molecule has 0 aliphatic carbocycles. The predicted octanol–water partition coefficient (Wildman–Crippen LogP) is 14.9. The van der Waals surface area contributed by atoms with Crippen molar-refractivity contribution >= 4 is 96.9 Å². The normalized spacial score (nSPS) is 13.8. The van der Waals surface area contributed by atoms with Crippen molar-refractivity contribution in [1.29, 1.82) is 0 Å². The van der Waals surface area contributed by atoms with E-state index >= 15 is 0 Å². The van der Waals surface area contributed by atoms with Gasteiger partial charge in [-0.25, -0.2) is 0 Å². The molecule has 0 atom stereocenters. The molecule has 298 valence electrons. The lowest BCUT2D eigenvalue weighted by atomic mass is 9.93. The lowest BCUT2D eigenvalue weighted by Gasteiger charge is -2.19. The standard InChI is InChI=1S/C57H34N6S/c1-8-26-44-35(17-1)36-18-2-9-27-45(36)61(44)50-32-15-24-42(41-25-16-34-52-53(41)43-23-7-14-33-51(43)64-52)54(50)55-58-56(62-46-28-10-3-19-37(46)38-20-4-11-29-47(38)62)60-57(59-55)63-48-30-12-5-21-39(48)40-22-6-13-31-49(40)63/h1-34H/i3D,4D,10D,11D,19D,20D,28D,29D. The van der Waals surface area contributed by atoms with Crippen molar-refractivity contribution in [2.24, 2.45) is 0 Å². The van der Waals surface area contributed by atoms with Crippen LogP contribution in [0.1, 0.15) is 11.0 Å². The lowest BCUT2D eigenvalue weighted by molar-refractivity contribution is 0.892. The van der Waals surface area contributed by atoms with Gasteiger partial charge in [0.1, 0.15) is 0 Å². The van der Waals surface area contributed by atoms with Crippen LogP contribution < -0.4 is 0 Å². The monoisotopic (exact) mass is 842 g/mol.